The molecule has 7 nitrogen and oxygen atoms in total. The Morgan fingerprint density at radius 3 is 2.57 bits per heavy atom. The fourth-order valence-corrected chi connectivity index (χ4v) is 2.11. The number of halogens is 1. The largest absolute Gasteiger partial charge is 0.355 e. The number of nitro groups is 1. The van der Waals surface area contributed by atoms with Gasteiger partial charge in [-0.1, -0.05) is 0 Å². The Bertz CT molecular complexity index is 562. The first-order valence-corrected chi connectivity index (χ1v) is 7.19. The lowest BCUT2D eigenvalue weighted by atomic mass is 10.1. The summed E-state index contributed by atoms with van der Waals surface area (Å²) in [6, 6.07) is 4.14. The summed E-state index contributed by atoms with van der Waals surface area (Å²) in [7, 11) is 0. The van der Waals surface area contributed by atoms with Gasteiger partial charge in [-0.15, -0.1) is 0 Å². The minimum Gasteiger partial charge on any atom is -0.355 e. The van der Waals surface area contributed by atoms with Crippen LogP contribution in [0.3, 0.4) is 0 Å². The molecule has 0 saturated carbocycles. The minimum atomic E-state index is -0.569. The van der Waals surface area contributed by atoms with E-state index in [9.17, 15) is 19.7 Å². The van der Waals surface area contributed by atoms with E-state index in [0.717, 1.165) is 0 Å². The van der Waals surface area contributed by atoms with E-state index >= 15 is 0 Å². The first-order chi connectivity index (χ1) is 9.90. The van der Waals surface area contributed by atoms with Crippen molar-refractivity contribution in [2.24, 2.45) is 0 Å². The lowest BCUT2D eigenvalue weighted by Gasteiger charge is -2.20. The van der Waals surface area contributed by atoms with E-state index in [1.807, 2.05) is 0 Å². The van der Waals surface area contributed by atoms with Crippen LogP contribution >= 0.6 is 15.9 Å². The molecular formula is C13H16BrN3O4. The van der Waals surface area contributed by atoms with Gasteiger partial charge in [-0.3, -0.25) is 19.7 Å². The molecule has 1 aromatic rings. The summed E-state index contributed by atoms with van der Waals surface area (Å²) in [6.45, 7) is 4.26. The number of hydrogen-bond donors (Lipinski definition) is 1. The number of amides is 2. The van der Waals surface area contributed by atoms with E-state index in [-0.39, 0.29) is 23.7 Å². The molecule has 0 atom stereocenters. The molecule has 114 valence electrons. The first kappa shape index (κ1) is 17.1. The maximum absolute atomic E-state index is 12.3. The van der Waals surface area contributed by atoms with Crippen molar-refractivity contribution in [2.75, 3.05) is 19.6 Å². The zero-order valence-corrected chi connectivity index (χ0v) is 13.3. The second kappa shape index (κ2) is 7.72. The molecule has 0 aliphatic rings. The third-order valence-electron chi connectivity index (χ3n) is 2.77. The van der Waals surface area contributed by atoms with Crippen LogP contribution in [0.15, 0.2) is 22.7 Å². The van der Waals surface area contributed by atoms with E-state index in [0.29, 0.717) is 17.6 Å². The number of nitrogens with one attached hydrogen (secondary N) is 1. The maximum Gasteiger partial charge on any atom is 0.284 e. The zero-order chi connectivity index (χ0) is 16.0. The molecule has 0 fully saturated rings. The van der Waals surface area contributed by atoms with Crippen molar-refractivity contribution in [3.8, 4) is 0 Å². The number of likely N-dealkylation sites (N-methyl/N-ethyl adjacent to an activating group) is 2. The summed E-state index contributed by atoms with van der Waals surface area (Å²) < 4.78 is 0.302. The van der Waals surface area contributed by atoms with Crippen molar-refractivity contribution < 1.29 is 14.5 Å². The number of hydrogen-bond acceptors (Lipinski definition) is 4. The molecule has 0 bridgehead atoms. The highest BCUT2D eigenvalue weighted by Gasteiger charge is 2.21. The molecule has 1 rings (SSSR count). The molecule has 1 N–H and O–H groups in total. The Morgan fingerprint density at radius 2 is 2.05 bits per heavy atom. The molecule has 0 saturated heterocycles. The summed E-state index contributed by atoms with van der Waals surface area (Å²) in [5.74, 6) is -0.682. The van der Waals surface area contributed by atoms with Gasteiger partial charge in [0.2, 0.25) is 5.91 Å². The second-order valence-corrected chi connectivity index (χ2v) is 5.05. The van der Waals surface area contributed by atoms with Crippen molar-refractivity contribution in [3.63, 3.8) is 0 Å². The third kappa shape index (κ3) is 4.52. The van der Waals surface area contributed by atoms with Gasteiger partial charge in [0.1, 0.15) is 0 Å². The highest BCUT2D eigenvalue weighted by Crippen LogP contribution is 2.26. The average Bonchev–Trinajstić information content (AvgIpc) is 2.44. The molecule has 0 radical (unpaired) electrons. The molecule has 0 unspecified atom stereocenters. The number of carbonyl (C=O) groups excluding carboxylic acids is 2. The number of nitro benzene ring substituents is 1. The summed E-state index contributed by atoms with van der Waals surface area (Å²) in [6.07, 6.45) is 0. The highest BCUT2D eigenvalue weighted by atomic mass is 79.9. The van der Waals surface area contributed by atoms with Crippen LogP contribution in [-0.2, 0) is 4.79 Å². The van der Waals surface area contributed by atoms with Crippen molar-refractivity contribution >= 4 is 33.4 Å². The van der Waals surface area contributed by atoms with E-state index in [1.165, 1.54) is 23.1 Å². The molecular weight excluding hydrogens is 342 g/mol. The molecule has 1 aromatic carbocycles. The molecule has 0 aliphatic heterocycles. The van der Waals surface area contributed by atoms with E-state index in [4.69, 9.17) is 0 Å². The summed E-state index contributed by atoms with van der Waals surface area (Å²) in [4.78, 5) is 35.5. The topological polar surface area (TPSA) is 92.6 Å². The van der Waals surface area contributed by atoms with Crippen LogP contribution < -0.4 is 5.32 Å². The predicted octanol–water partition coefficient (Wildman–Crippen LogP) is 1.96. The summed E-state index contributed by atoms with van der Waals surface area (Å²) >= 11 is 3.06. The monoisotopic (exact) mass is 357 g/mol. The average molecular weight is 358 g/mol. The number of rotatable bonds is 6. The van der Waals surface area contributed by atoms with Crippen molar-refractivity contribution in [3.05, 3.63) is 38.3 Å². The van der Waals surface area contributed by atoms with Crippen LogP contribution in [0.1, 0.15) is 24.2 Å². The van der Waals surface area contributed by atoms with Gasteiger partial charge in [-0.25, -0.2) is 0 Å². The maximum atomic E-state index is 12.3. The molecule has 0 spiro atoms. The van der Waals surface area contributed by atoms with Crippen LogP contribution in [-0.4, -0.2) is 41.3 Å². The van der Waals surface area contributed by atoms with Crippen molar-refractivity contribution in [2.45, 2.75) is 13.8 Å². The number of nitrogens with zero attached hydrogens (tertiary/aromatic N) is 2. The van der Waals surface area contributed by atoms with Gasteiger partial charge in [0.25, 0.3) is 11.6 Å². The Labute approximate surface area is 130 Å². The smallest absolute Gasteiger partial charge is 0.284 e. The second-order valence-electron chi connectivity index (χ2n) is 4.20. The van der Waals surface area contributed by atoms with Gasteiger partial charge in [-0.2, -0.15) is 0 Å². The summed E-state index contributed by atoms with van der Waals surface area (Å²) in [5.41, 5.74) is -0.00837. The van der Waals surface area contributed by atoms with Gasteiger partial charge in [-0.05, 0) is 41.9 Å². The predicted molar refractivity (Wildman–Crippen MR) is 81.1 cm³/mol. The quantitative estimate of drug-likeness (QED) is 0.621. The number of carbonyl (C=O) groups is 2. The van der Waals surface area contributed by atoms with E-state index in [2.05, 4.69) is 21.2 Å². The number of benzene rings is 1. The normalized spacial score (nSPS) is 10.0. The molecule has 8 heteroatoms. The van der Waals surface area contributed by atoms with E-state index in [1.54, 1.807) is 13.8 Å². The molecule has 21 heavy (non-hydrogen) atoms. The van der Waals surface area contributed by atoms with Gasteiger partial charge < -0.3 is 10.2 Å². The fraction of sp³-hybridized carbons (Fsp3) is 0.385. The molecule has 0 aliphatic carbocycles. The lowest BCUT2D eigenvalue weighted by Crippen LogP contribution is -2.40. The highest BCUT2D eigenvalue weighted by molar-refractivity contribution is 9.10. The van der Waals surface area contributed by atoms with Gasteiger partial charge >= 0.3 is 0 Å². The first-order valence-electron chi connectivity index (χ1n) is 6.40. The zero-order valence-electron chi connectivity index (χ0n) is 11.8. The Hall–Kier alpha value is -1.96. The van der Waals surface area contributed by atoms with Gasteiger partial charge in [0, 0.05) is 24.7 Å². The third-order valence-corrected chi connectivity index (χ3v) is 3.44. The Balaban J connectivity index is 2.97. The minimum absolute atomic E-state index is 0.0764. The van der Waals surface area contributed by atoms with Crippen LogP contribution in [0.25, 0.3) is 0 Å². The van der Waals surface area contributed by atoms with Crippen molar-refractivity contribution in [1.29, 1.82) is 0 Å². The van der Waals surface area contributed by atoms with E-state index < -0.39 is 10.8 Å². The van der Waals surface area contributed by atoms with Crippen LogP contribution in [0.5, 0.6) is 0 Å². The fourth-order valence-electron chi connectivity index (χ4n) is 1.72. The van der Waals surface area contributed by atoms with Crippen LogP contribution in [0.4, 0.5) is 5.69 Å². The standard InChI is InChI=1S/C13H16BrN3O4/c1-3-15-12(18)8-16(4-2)13(19)9-5-6-10(14)11(7-9)17(20)21/h5-7H,3-4,8H2,1-2H3,(H,15,18). The Kier molecular flexibility index (Phi) is 6.29. The molecule has 0 heterocycles. The molecule has 2 amide bonds. The Morgan fingerprint density at radius 1 is 1.38 bits per heavy atom. The summed E-state index contributed by atoms with van der Waals surface area (Å²) in [5, 5.41) is 13.5. The van der Waals surface area contributed by atoms with Crippen LogP contribution in [0, 0.1) is 10.1 Å². The molecule has 0 aromatic heterocycles. The van der Waals surface area contributed by atoms with Crippen molar-refractivity contribution in [1.82, 2.24) is 10.2 Å². The van der Waals surface area contributed by atoms with Gasteiger partial charge in [0.15, 0.2) is 0 Å². The SMILES string of the molecule is CCNC(=O)CN(CC)C(=O)c1ccc(Br)c([N+](=O)[O-])c1. The van der Waals surface area contributed by atoms with Crippen LogP contribution in [0.2, 0.25) is 0 Å². The lowest BCUT2D eigenvalue weighted by molar-refractivity contribution is -0.385. The van der Waals surface area contributed by atoms with Gasteiger partial charge in [0.05, 0.1) is 15.9 Å².